The van der Waals surface area contributed by atoms with Gasteiger partial charge in [0.1, 0.15) is 0 Å². The predicted molar refractivity (Wildman–Crippen MR) is 110 cm³/mol. The molecule has 0 aliphatic carbocycles. The molecule has 2 N–H and O–H groups in total. The first-order valence-corrected chi connectivity index (χ1v) is 9.12. The van der Waals surface area contributed by atoms with E-state index in [9.17, 15) is 9.59 Å². The number of H-pyrrole nitrogens is 1. The molecule has 0 aliphatic heterocycles. The molecule has 0 spiro atoms. The van der Waals surface area contributed by atoms with E-state index in [-0.39, 0.29) is 10.3 Å². The molecule has 2 aromatic heterocycles. The molecule has 0 fully saturated rings. The smallest absolute Gasteiger partial charge is 0.281 e. The highest BCUT2D eigenvalue weighted by Crippen LogP contribution is 2.10. The standard InChI is InChI=1S/C19H14ClN5O2S/c20-14-9-21-24(11-14)10-12-5-7-13(8-6-12)17(26)23-25-18(27)15-3-1-2-4-16(15)22-19(25)28/h1-9,11H,10H2,(H,22,28)(H,23,26). The van der Waals surface area contributed by atoms with Gasteiger partial charge < -0.3 is 4.98 Å². The second-order valence-electron chi connectivity index (χ2n) is 6.11. The molecular weight excluding hydrogens is 398 g/mol. The number of carbonyl (C=O) groups is 1. The van der Waals surface area contributed by atoms with E-state index in [1.165, 1.54) is 0 Å². The maximum absolute atomic E-state index is 12.6. The lowest BCUT2D eigenvalue weighted by atomic mass is 10.1. The second-order valence-corrected chi connectivity index (χ2v) is 6.93. The maximum Gasteiger partial charge on any atom is 0.281 e. The maximum atomic E-state index is 12.6. The molecule has 2 aromatic carbocycles. The van der Waals surface area contributed by atoms with Crippen molar-refractivity contribution in [3.63, 3.8) is 0 Å². The number of fused-ring (bicyclic) bond motifs is 1. The number of benzene rings is 2. The fourth-order valence-electron chi connectivity index (χ4n) is 2.80. The Hall–Kier alpha value is -3.23. The van der Waals surface area contributed by atoms with Crippen LogP contribution < -0.4 is 11.0 Å². The van der Waals surface area contributed by atoms with Crippen molar-refractivity contribution in [2.75, 3.05) is 5.43 Å². The van der Waals surface area contributed by atoms with Gasteiger partial charge in [-0.25, -0.2) is 0 Å². The van der Waals surface area contributed by atoms with Gasteiger partial charge in [0.05, 0.1) is 28.7 Å². The first-order valence-electron chi connectivity index (χ1n) is 8.33. The van der Waals surface area contributed by atoms with Crippen molar-refractivity contribution in [2.45, 2.75) is 6.54 Å². The largest absolute Gasteiger partial charge is 0.330 e. The van der Waals surface area contributed by atoms with E-state index in [0.29, 0.717) is 28.0 Å². The fraction of sp³-hybridized carbons (Fsp3) is 0.0526. The summed E-state index contributed by atoms with van der Waals surface area (Å²) >= 11 is 11.1. The van der Waals surface area contributed by atoms with Crippen molar-refractivity contribution in [3.05, 3.63) is 92.2 Å². The van der Waals surface area contributed by atoms with Crippen molar-refractivity contribution in [1.29, 1.82) is 0 Å². The molecule has 0 radical (unpaired) electrons. The topological polar surface area (TPSA) is 84.7 Å². The summed E-state index contributed by atoms with van der Waals surface area (Å²) in [7, 11) is 0. The van der Waals surface area contributed by atoms with Crippen LogP contribution in [0.5, 0.6) is 0 Å². The molecule has 0 unspecified atom stereocenters. The summed E-state index contributed by atoms with van der Waals surface area (Å²) in [4.78, 5) is 28.1. The molecule has 2 heterocycles. The lowest BCUT2D eigenvalue weighted by Crippen LogP contribution is -2.34. The summed E-state index contributed by atoms with van der Waals surface area (Å²) in [6.07, 6.45) is 3.28. The summed E-state index contributed by atoms with van der Waals surface area (Å²) < 4.78 is 2.86. The molecule has 0 aliphatic rings. The number of amides is 1. The van der Waals surface area contributed by atoms with Crippen LogP contribution in [0.25, 0.3) is 10.9 Å². The number of carbonyl (C=O) groups excluding carboxylic acids is 1. The van der Waals surface area contributed by atoms with Crippen LogP contribution >= 0.6 is 23.8 Å². The first kappa shape index (κ1) is 18.1. The third-order valence-electron chi connectivity index (χ3n) is 4.18. The molecule has 0 saturated heterocycles. The van der Waals surface area contributed by atoms with Crippen LogP contribution in [0.2, 0.25) is 5.02 Å². The van der Waals surface area contributed by atoms with Gasteiger partial charge in [-0.3, -0.25) is 19.7 Å². The number of para-hydroxylation sites is 1. The number of halogens is 1. The van der Waals surface area contributed by atoms with Crippen LogP contribution in [0.15, 0.2) is 65.7 Å². The third kappa shape index (κ3) is 3.60. The summed E-state index contributed by atoms with van der Waals surface area (Å²) in [5, 5.41) is 5.12. The average molecular weight is 412 g/mol. The Bertz CT molecular complexity index is 1290. The minimum absolute atomic E-state index is 0.115. The van der Waals surface area contributed by atoms with Crippen LogP contribution in [0, 0.1) is 4.77 Å². The van der Waals surface area contributed by atoms with E-state index in [1.807, 2.05) is 12.1 Å². The molecule has 28 heavy (non-hydrogen) atoms. The molecule has 140 valence electrons. The number of nitrogens with one attached hydrogen (secondary N) is 2. The Kier molecular flexibility index (Phi) is 4.81. The van der Waals surface area contributed by atoms with Crippen LogP contribution in [0.1, 0.15) is 15.9 Å². The number of hydrogen-bond acceptors (Lipinski definition) is 4. The monoisotopic (exact) mass is 411 g/mol. The summed E-state index contributed by atoms with van der Waals surface area (Å²) in [5.74, 6) is -0.439. The first-order chi connectivity index (χ1) is 13.5. The Morgan fingerprint density at radius 1 is 1.18 bits per heavy atom. The molecule has 4 rings (SSSR count). The summed E-state index contributed by atoms with van der Waals surface area (Å²) in [6, 6.07) is 13.9. The van der Waals surface area contributed by atoms with Gasteiger partial charge in [-0.2, -0.15) is 9.77 Å². The third-order valence-corrected chi connectivity index (χ3v) is 4.66. The van der Waals surface area contributed by atoms with Crippen LogP contribution in [0.3, 0.4) is 0 Å². The van der Waals surface area contributed by atoms with E-state index < -0.39 is 5.91 Å². The molecule has 0 bridgehead atoms. The van der Waals surface area contributed by atoms with E-state index in [1.54, 1.807) is 53.5 Å². The fourth-order valence-corrected chi connectivity index (χ4v) is 3.20. The zero-order valence-corrected chi connectivity index (χ0v) is 16.0. The van der Waals surface area contributed by atoms with Gasteiger partial charge in [0.2, 0.25) is 0 Å². The van der Waals surface area contributed by atoms with Crippen molar-refractivity contribution in [3.8, 4) is 0 Å². The quantitative estimate of drug-likeness (QED) is 0.504. The number of aromatic nitrogens is 4. The highest BCUT2D eigenvalue weighted by Gasteiger charge is 2.10. The van der Waals surface area contributed by atoms with Crippen LogP contribution in [-0.4, -0.2) is 25.3 Å². The molecular formula is C19H14ClN5O2S. The Balaban J connectivity index is 1.56. The highest BCUT2D eigenvalue weighted by molar-refractivity contribution is 7.71. The van der Waals surface area contributed by atoms with Crippen LogP contribution in [0.4, 0.5) is 0 Å². The zero-order chi connectivity index (χ0) is 19.7. The number of rotatable bonds is 4. The van der Waals surface area contributed by atoms with E-state index in [2.05, 4.69) is 15.5 Å². The van der Waals surface area contributed by atoms with Gasteiger partial charge in [-0.1, -0.05) is 35.9 Å². The van der Waals surface area contributed by atoms with Crippen molar-refractivity contribution >= 4 is 40.6 Å². The lowest BCUT2D eigenvalue weighted by Gasteiger charge is -2.10. The molecule has 0 atom stereocenters. The Morgan fingerprint density at radius 2 is 1.93 bits per heavy atom. The summed E-state index contributed by atoms with van der Waals surface area (Å²) in [5.41, 5.74) is 4.14. The minimum atomic E-state index is -0.439. The SMILES string of the molecule is O=C(Nn1c(=S)[nH]c2ccccc2c1=O)c1ccc(Cn2cc(Cl)cn2)cc1. The molecule has 0 saturated carbocycles. The Labute approximate surface area is 169 Å². The zero-order valence-electron chi connectivity index (χ0n) is 14.4. The van der Waals surface area contributed by atoms with Gasteiger partial charge >= 0.3 is 0 Å². The van der Waals surface area contributed by atoms with Gasteiger partial charge in [0.25, 0.3) is 11.5 Å². The van der Waals surface area contributed by atoms with Gasteiger partial charge in [0, 0.05) is 11.8 Å². The number of aromatic amines is 1. The predicted octanol–water partition coefficient (Wildman–Crippen LogP) is 3.34. The molecule has 4 aromatic rings. The van der Waals surface area contributed by atoms with Crippen molar-refractivity contribution in [2.24, 2.45) is 0 Å². The second kappa shape index (κ2) is 7.41. The van der Waals surface area contributed by atoms with E-state index >= 15 is 0 Å². The van der Waals surface area contributed by atoms with E-state index in [4.69, 9.17) is 23.8 Å². The number of hydrogen-bond donors (Lipinski definition) is 2. The van der Waals surface area contributed by atoms with Crippen molar-refractivity contribution in [1.82, 2.24) is 19.4 Å². The van der Waals surface area contributed by atoms with Gasteiger partial charge in [-0.15, -0.1) is 0 Å². The average Bonchev–Trinajstić information content (AvgIpc) is 3.10. The Morgan fingerprint density at radius 3 is 2.64 bits per heavy atom. The lowest BCUT2D eigenvalue weighted by molar-refractivity contribution is 0.101. The normalized spacial score (nSPS) is 10.9. The molecule has 9 heteroatoms. The minimum Gasteiger partial charge on any atom is -0.330 e. The van der Waals surface area contributed by atoms with Crippen LogP contribution in [-0.2, 0) is 6.54 Å². The number of nitrogens with zero attached hydrogens (tertiary/aromatic N) is 3. The van der Waals surface area contributed by atoms with Gasteiger partial charge in [-0.05, 0) is 42.0 Å². The van der Waals surface area contributed by atoms with Gasteiger partial charge in [0.15, 0.2) is 4.77 Å². The molecule has 1 amide bonds. The highest BCUT2D eigenvalue weighted by atomic mass is 35.5. The van der Waals surface area contributed by atoms with E-state index in [0.717, 1.165) is 10.2 Å². The molecule has 7 nitrogen and oxygen atoms in total. The van der Waals surface area contributed by atoms with Crippen molar-refractivity contribution < 1.29 is 4.79 Å². The summed E-state index contributed by atoms with van der Waals surface area (Å²) in [6.45, 7) is 0.532.